The Bertz CT molecular complexity index is 440. The molecular formula is C14H19NO. The number of anilines is 1. The van der Waals surface area contributed by atoms with Gasteiger partial charge in [-0.15, -0.1) is 0 Å². The van der Waals surface area contributed by atoms with Crippen LogP contribution in [0.5, 0.6) is 0 Å². The van der Waals surface area contributed by atoms with Gasteiger partial charge in [0.15, 0.2) is 0 Å². The Morgan fingerprint density at radius 2 is 1.81 bits per heavy atom. The third-order valence-corrected chi connectivity index (χ3v) is 3.16. The highest BCUT2D eigenvalue weighted by molar-refractivity contribution is 5.78. The highest BCUT2D eigenvalue weighted by Gasteiger charge is 2.28. The maximum Gasteiger partial charge on any atom is 0.126 e. The molecule has 0 saturated heterocycles. The molecule has 0 radical (unpaired) electrons. The van der Waals surface area contributed by atoms with Crippen LogP contribution in [0.15, 0.2) is 29.8 Å². The van der Waals surface area contributed by atoms with Gasteiger partial charge in [-0.2, -0.15) is 0 Å². The molecule has 86 valence electrons. The maximum atomic E-state index is 10.3. The predicted octanol–water partition coefficient (Wildman–Crippen LogP) is 3.45. The third kappa shape index (κ3) is 1.69. The van der Waals surface area contributed by atoms with Crippen LogP contribution in [-0.4, -0.2) is 18.7 Å². The lowest BCUT2D eigenvalue weighted by atomic mass is 9.82. The van der Waals surface area contributed by atoms with E-state index < -0.39 is 0 Å². The van der Waals surface area contributed by atoms with E-state index in [1.807, 2.05) is 24.3 Å². The quantitative estimate of drug-likeness (QED) is 0.719. The molecule has 2 heteroatoms. The summed E-state index contributed by atoms with van der Waals surface area (Å²) in [4.78, 5) is 2.19. The van der Waals surface area contributed by atoms with Crippen LogP contribution in [-0.2, 0) is 0 Å². The fraction of sp³-hybridized carbons (Fsp3) is 0.429. The number of nitrogens with zero attached hydrogens (tertiary/aromatic N) is 1. The van der Waals surface area contributed by atoms with E-state index in [4.69, 9.17) is 0 Å². The van der Waals surface area contributed by atoms with E-state index in [-0.39, 0.29) is 5.41 Å². The lowest BCUT2D eigenvalue weighted by molar-refractivity contribution is 0.441. The highest BCUT2D eigenvalue weighted by Crippen LogP contribution is 2.39. The molecule has 0 atom stereocenters. The van der Waals surface area contributed by atoms with Crippen LogP contribution in [0.3, 0.4) is 0 Å². The number of likely N-dealkylation sites (N-methyl/N-ethyl adjacent to an activating group) is 1. The first-order valence-electron chi connectivity index (χ1n) is 5.64. The summed E-state index contributed by atoms with van der Waals surface area (Å²) in [6.07, 6.45) is 0. The molecule has 0 saturated carbocycles. The average molecular weight is 217 g/mol. The summed E-state index contributed by atoms with van der Waals surface area (Å²) in [5.74, 6) is 0.459. The molecule has 0 bridgehead atoms. The molecule has 1 aliphatic rings. The summed E-state index contributed by atoms with van der Waals surface area (Å²) in [5.41, 5.74) is 3.16. The summed E-state index contributed by atoms with van der Waals surface area (Å²) in [6.45, 7) is 7.22. The topological polar surface area (TPSA) is 23.5 Å². The smallest absolute Gasteiger partial charge is 0.126 e. The zero-order chi connectivity index (χ0) is 11.9. The fourth-order valence-electron chi connectivity index (χ4n) is 2.16. The van der Waals surface area contributed by atoms with Gasteiger partial charge in [-0.05, 0) is 23.1 Å². The van der Waals surface area contributed by atoms with E-state index >= 15 is 0 Å². The van der Waals surface area contributed by atoms with Crippen molar-refractivity contribution in [2.45, 2.75) is 20.8 Å². The molecule has 0 fully saturated rings. The van der Waals surface area contributed by atoms with Gasteiger partial charge in [-0.25, -0.2) is 0 Å². The zero-order valence-electron chi connectivity index (χ0n) is 10.4. The number of rotatable bonds is 0. The molecule has 1 aromatic carbocycles. The second-order valence-electron chi connectivity index (χ2n) is 5.45. The largest absolute Gasteiger partial charge is 0.507 e. The van der Waals surface area contributed by atoms with Crippen LogP contribution in [0.4, 0.5) is 5.69 Å². The average Bonchev–Trinajstić information content (AvgIpc) is 2.22. The van der Waals surface area contributed by atoms with Crippen molar-refractivity contribution in [2.75, 3.05) is 18.5 Å². The molecular weight excluding hydrogens is 198 g/mol. The van der Waals surface area contributed by atoms with Gasteiger partial charge in [0, 0.05) is 24.8 Å². The molecule has 0 aliphatic carbocycles. The Balaban J connectivity index is 2.60. The lowest BCUT2D eigenvalue weighted by Gasteiger charge is -2.35. The Morgan fingerprint density at radius 1 is 1.19 bits per heavy atom. The lowest BCUT2D eigenvalue weighted by Crippen LogP contribution is -2.31. The Morgan fingerprint density at radius 3 is 2.44 bits per heavy atom. The summed E-state index contributed by atoms with van der Waals surface area (Å²) >= 11 is 0. The van der Waals surface area contributed by atoms with Crippen molar-refractivity contribution in [3.63, 3.8) is 0 Å². The molecule has 2 rings (SSSR count). The number of aliphatic hydroxyl groups is 1. The second-order valence-corrected chi connectivity index (χ2v) is 5.45. The highest BCUT2D eigenvalue weighted by atomic mass is 16.3. The summed E-state index contributed by atoms with van der Waals surface area (Å²) in [7, 11) is 2.07. The van der Waals surface area contributed by atoms with E-state index in [1.54, 1.807) is 0 Å². The molecule has 1 heterocycles. The molecule has 0 amide bonds. The van der Waals surface area contributed by atoms with E-state index in [9.17, 15) is 5.11 Å². The minimum absolute atomic E-state index is 0.00583. The first-order valence-corrected chi connectivity index (χ1v) is 5.64. The molecule has 1 N–H and O–H groups in total. The first kappa shape index (κ1) is 11.1. The minimum atomic E-state index is 0.00583. The van der Waals surface area contributed by atoms with Gasteiger partial charge >= 0.3 is 0 Å². The van der Waals surface area contributed by atoms with Gasteiger partial charge in [0.2, 0.25) is 0 Å². The molecule has 0 aromatic heterocycles. The van der Waals surface area contributed by atoms with Crippen LogP contribution >= 0.6 is 0 Å². The van der Waals surface area contributed by atoms with Crippen molar-refractivity contribution in [1.29, 1.82) is 0 Å². The van der Waals surface area contributed by atoms with E-state index in [0.29, 0.717) is 5.76 Å². The Labute approximate surface area is 97.2 Å². The number of para-hydroxylation sites is 1. The number of aliphatic hydroxyl groups excluding tert-OH is 1. The van der Waals surface area contributed by atoms with Gasteiger partial charge in [0.25, 0.3) is 0 Å². The van der Waals surface area contributed by atoms with Gasteiger partial charge < -0.3 is 10.0 Å². The summed E-state index contributed by atoms with van der Waals surface area (Å²) in [5, 5.41) is 10.3. The predicted molar refractivity (Wildman–Crippen MR) is 68.7 cm³/mol. The van der Waals surface area contributed by atoms with Crippen LogP contribution in [0, 0.1) is 5.41 Å². The van der Waals surface area contributed by atoms with E-state index in [2.05, 4.69) is 32.7 Å². The monoisotopic (exact) mass is 217 g/mol. The zero-order valence-corrected chi connectivity index (χ0v) is 10.4. The minimum Gasteiger partial charge on any atom is -0.507 e. The molecule has 16 heavy (non-hydrogen) atoms. The SMILES string of the molecule is CN1CC(C(C)(C)C)=C(O)c2ccccc21. The molecule has 0 spiro atoms. The Kier molecular flexibility index (Phi) is 2.45. The van der Waals surface area contributed by atoms with Crippen molar-refractivity contribution < 1.29 is 5.11 Å². The van der Waals surface area contributed by atoms with E-state index in [0.717, 1.165) is 23.4 Å². The van der Waals surface area contributed by atoms with Crippen molar-refractivity contribution >= 4 is 11.4 Å². The Hall–Kier alpha value is -1.44. The van der Waals surface area contributed by atoms with Crippen LogP contribution < -0.4 is 4.90 Å². The van der Waals surface area contributed by atoms with Crippen molar-refractivity contribution in [1.82, 2.24) is 0 Å². The van der Waals surface area contributed by atoms with Gasteiger partial charge in [0.05, 0.1) is 0 Å². The second kappa shape index (κ2) is 3.55. The van der Waals surface area contributed by atoms with Crippen LogP contribution in [0.2, 0.25) is 0 Å². The molecule has 2 nitrogen and oxygen atoms in total. The first-order chi connectivity index (χ1) is 7.41. The van der Waals surface area contributed by atoms with Gasteiger partial charge in [0.1, 0.15) is 5.76 Å². The number of fused-ring (bicyclic) bond motifs is 1. The fourth-order valence-corrected chi connectivity index (χ4v) is 2.16. The van der Waals surface area contributed by atoms with Crippen molar-refractivity contribution in [3.8, 4) is 0 Å². The molecule has 1 aliphatic heterocycles. The number of hydrogen-bond donors (Lipinski definition) is 1. The molecule has 1 aromatic rings. The van der Waals surface area contributed by atoms with Crippen LogP contribution in [0.1, 0.15) is 26.3 Å². The van der Waals surface area contributed by atoms with E-state index in [1.165, 1.54) is 0 Å². The third-order valence-electron chi connectivity index (χ3n) is 3.16. The number of benzene rings is 1. The van der Waals surface area contributed by atoms with Crippen molar-refractivity contribution in [2.24, 2.45) is 5.41 Å². The molecule has 0 unspecified atom stereocenters. The summed E-state index contributed by atoms with van der Waals surface area (Å²) in [6, 6.07) is 8.00. The summed E-state index contributed by atoms with van der Waals surface area (Å²) < 4.78 is 0. The van der Waals surface area contributed by atoms with Crippen molar-refractivity contribution in [3.05, 3.63) is 35.4 Å². The normalized spacial score (nSPS) is 16.4. The standard InChI is InChI=1S/C14H19NO/c1-14(2,3)11-9-15(4)12-8-6-5-7-10(12)13(11)16/h5-8,16H,9H2,1-4H3. The van der Waals surface area contributed by atoms with Gasteiger partial charge in [-0.3, -0.25) is 0 Å². The maximum absolute atomic E-state index is 10.3. The van der Waals surface area contributed by atoms with Gasteiger partial charge in [-0.1, -0.05) is 32.9 Å². The number of hydrogen-bond acceptors (Lipinski definition) is 2. The van der Waals surface area contributed by atoms with Crippen LogP contribution in [0.25, 0.3) is 5.76 Å².